The van der Waals surface area contributed by atoms with E-state index in [1.54, 1.807) is 26.8 Å². The molecular formula is C36H37F5N6O5. The number of ether oxygens (including phenoxy) is 2. The topological polar surface area (TPSA) is 131 Å². The molecule has 0 radical (unpaired) electrons. The Balaban J connectivity index is 1.45. The monoisotopic (exact) mass is 728 g/mol. The summed E-state index contributed by atoms with van der Waals surface area (Å²) >= 11 is 0. The fourth-order valence-electron chi connectivity index (χ4n) is 6.19. The van der Waals surface area contributed by atoms with Crippen molar-refractivity contribution in [2.75, 3.05) is 51.8 Å². The van der Waals surface area contributed by atoms with Gasteiger partial charge < -0.3 is 19.9 Å². The summed E-state index contributed by atoms with van der Waals surface area (Å²) in [5.41, 5.74) is -3.18. The van der Waals surface area contributed by atoms with E-state index in [-0.39, 0.29) is 40.4 Å². The molecule has 2 N–H and O–H groups in total. The number of hydrogen-bond donors (Lipinski definition) is 2. The first kappa shape index (κ1) is 38.1. The van der Waals surface area contributed by atoms with E-state index >= 15 is 8.78 Å². The van der Waals surface area contributed by atoms with Crippen LogP contribution < -0.4 is 10.1 Å². The molecule has 0 bridgehead atoms. The van der Waals surface area contributed by atoms with Gasteiger partial charge in [-0.3, -0.25) is 19.5 Å². The van der Waals surface area contributed by atoms with Crippen LogP contribution in [0, 0.1) is 28.4 Å². The lowest BCUT2D eigenvalue weighted by Crippen LogP contribution is -2.59. The lowest BCUT2D eigenvalue weighted by atomic mass is 9.82. The van der Waals surface area contributed by atoms with Crippen LogP contribution in [-0.4, -0.2) is 89.4 Å². The average Bonchev–Trinajstić information content (AvgIpc) is 3.09. The van der Waals surface area contributed by atoms with Gasteiger partial charge in [0, 0.05) is 49.7 Å². The molecule has 0 spiro atoms. The van der Waals surface area contributed by atoms with Gasteiger partial charge in [0.05, 0.1) is 31.4 Å². The number of carbonyl (C=O) groups excluding carboxylic acids is 2. The molecule has 2 aromatic carbocycles. The van der Waals surface area contributed by atoms with Crippen LogP contribution in [0.5, 0.6) is 5.75 Å². The van der Waals surface area contributed by atoms with Crippen molar-refractivity contribution in [1.29, 1.82) is 5.26 Å². The predicted molar refractivity (Wildman–Crippen MR) is 178 cm³/mol. The van der Waals surface area contributed by atoms with Crippen molar-refractivity contribution < 1.29 is 46.1 Å². The molecule has 276 valence electrons. The van der Waals surface area contributed by atoms with Gasteiger partial charge in [-0.15, -0.1) is 0 Å². The van der Waals surface area contributed by atoms with E-state index in [1.165, 1.54) is 42.5 Å². The molecule has 1 atom stereocenters. The van der Waals surface area contributed by atoms with E-state index in [0.29, 0.717) is 32.8 Å². The quantitative estimate of drug-likeness (QED) is 0.211. The number of aliphatic hydroxyl groups is 1. The molecule has 16 heteroatoms. The highest BCUT2D eigenvalue weighted by Gasteiger charge is 2.46. The number of hydrazine groups is 1. The zero-order chi connectivity index (χ0) is 38.0. The number of rotatable bonds is 9. The number of halogens is 5. The summed E-state index contributed by atoms with van der Waals surface area (Å²) < 4.78 is 82.7. The Hall–Kier alpha value is -5.11. The number of aromatic nitrogens is 1. The molecule has 2 aliphatic rings. The molecule has 1 aromatic heterocycles. The molecule has 1 saturated heterocycles. The number of benzene rings is 2. The van der Waals surface area contributed by atoms with Gasteiger partial charge in [-0.2, -0.15) is 22.8 Å². The van der Waals surface area contributed by atoms with Gasteiger partial charge >= 0.3 is 6.18 Å². The Morgan fingerprint density at radius 2 is 1.81 bits per heavy atom. The van der Waals surface area contributed by atoms with E-state index < -0.39 is 64.5 Å². The highest BCUT2D eigenvalue weighted by Crippen LogP contribution is 2.39. The van der Waals surface area contributed by atoms with Gasteiger partial charge in [0.1, 0.15) is 29.7 Å². The molecule has 1 fully saturated rings. The van der Waals surface area contributed by atoms with Gasteiger partial charge in [0.15, 0.2) is 11.6 Å². The van der Waals surface area contributed by atoms with Crippen LogP contribution in [-0.2, 0) is 27.0 Å². The van der Waals surface area contributed by atoms with Crippen LogP contribution in [0.15, 0.2) is 60.0 Å². The SMILES string of the molecule is CN1C(C(C)(C)C)C(O)=C(C(=O)Nc2ccc(C(F)(F)F)cc2-c2ccnc(C#N)c2)C(=O)N1Cc1ccc(OCCN2CCOCC2)c(F)c1F. The molecule has 3 aromatic rings. The van der Waals surface area contributed by atoms with Crippen molar-refractivity contribution in [3.05, 3.63) is 88.4 Å². The maximum atomic E-state index is 15.5. The Labute approximate surface area is 296 Å². The zero-order valence-corrected chi connectivity index (χ0v) is 28.9. The maximum Gasteiger partial charge on any atom is 0.416 e. The maximum absolute atomic E-state index is 15.5. The second-order valence-electron chi connectivity index (χ2n) is 13.4. The summed E-state index contributed by atoms with van der Waals surface area (Å²) in [5, 5.41) is 25.5. The van der Waals surface area contributed by atoms with Crippen LogP contribution in [0.4, 0.5) is 27.6 Å². The van der Waals surface area contributed by atoms with E-state index in [0.717, 1.165) is 23.2 Å². The first-order chi connectivity index (χ1) is 24.5. The lowest BCUT2D eigenvalue weighted by molar-refractivity contribution is -0.158. The smallest absolute Gasteiger partial charge is 0.416 e. The summed E-state index contributed by atoms with van der Waals surface area (Å²) in [6, 6.07) is 8.33. The minimum absolute atomic E-state index is 0.0974. The number of nitriles is 1. The number of pyridine rings is 1. The van der Waals surface area contributed by atoms with Crippen molar-refractivity contribution in [1.82, 2.24) is 19.9 Å². The van der Waals surface area contributed by atoms with Crippen molar-refractivity contribution in [2.24, 2.45) is 5.41 Å². The average molecular weight is 729 g/mol. The van der Waals surface area contributed by atoms with Gasteiger partial charge in [-0.1, -0.05) is 26.8 Å². The summed E-state index contributed by atoms with van der Waals surface area (Å²) in [6.07, 6.45) is -3.54. The Bertz CT molecular complexity index is 1920. The molecule has 2 aliphatic heterocycles. The van der Waals surface area contributed by atoms with Crippen molar-refractivity contribution >= 4 is 17.5 Å². The number of carbonyl (C=O) groups is 2. The predicted octanol–water partition coefficient (Wildman–Crippen LogP) is 5.68. The Kier molecular flexibility index (Phi) is 11.2. The minimum atomic E-state index is -4.75. The number of alkyl halides is 3. The van der Waals surface area contributed by atoms with Gasteiger partial charge in [-0.25, -0.2) is 14.4 Å². The molecule has 1 unspecified atom stereocenters. The molecule has 52 heavy (non-hydrogen) atoms. The molecule has 5 rings (SSSR count). The van der Waals surface area contributed by atoms with E-state index in [4.69, 9.17) is 9.47 Å². The Morgan fingerprint density at radius 3 is 2.46 bits per heavy atom. The number of hydrogen-bond acceptors (Lipinski definition) is 9. The molecule has 0 aliphatic carbocycles. The van der Waals surface area contributed by atoms with E-state index in [2.05, 4.69) is 15.2 Å². The minimum Gasteiger partial charge on any atom is -0.509 e. The highest BCUT2D eigenvalue weighted by molar-refractivity contribution is 6.24. The van der Waals surface area contributed by atoms with Crippen LogP contribution >= 0.6 is 0 Å². The number of nitrogens with one attached hydrogen (secondary N) is 1. The number of aliphatic hydroxyl groups excluding tert-OH is 1. The van der Waals surface area contributed by atoms with Gasteiger partial charge in [0.25, 0.3) is 11.8 Å². The standard InChI is InChI=1S/C36H37F5N6O5/c1-35(2,3)32-31(48)28(33(49)44-26-7-6-23(36(39,40)41)18-25(26)21-9-10-43-24(17-21)19-42)34(50)47(45(32)4)20-22-5-8-27(30(38)29(22)37)52-16-13-46-11-14-51-15-12-46/h5-10,17-18,32,48H,11-16,20H2,1-4H3,(H,44,49). The molecule has 2 amide bonds. The van der Waals surface area contributed by atoms with E-state index in [9.17, 15) is 33.1 Å². The third-order valence-electron chi connectivity index (χ3n) is 8.76. The number of nitrogens with zero attached hydrogens (tertiary/aromatic N) is 5. The first-order valence-electron chi connectivity index (χ1n) is 16.3. The Morgan fingerprint density at radius 1 is 1.10 bits per heavy atom. The van der Waals surface area contributed by atoms with Crippen molar-refractivity contribution in [3.8, 4) is 22.9 Å². The fourth-order valence-corrected chi connectivity index (χ4v) is 6.19. The number of anilines is 1. The second-order valence-corrected chi connectivity index (χ2v) is 13.4. The normalized spacial score (nSPS) is 17.7. The summed E-state index contributed by atoms with van der Waals surface area (Å²) in [5.74, 6) is -5.73. The van der Waals surface area contributed by atoms with Crippen LogP contribution in [0.1, 0.15) is 37.6 Å². The second kappa shape index (κ2) is 15.2. The molecule has 3 heterocycles. The van der Waals surface area contributed by atoms with Gasteiger partial charge in [0.2, 0.25) is 5.82 Å². The molecule has 0 saturated carbocycles. The number of amides is 2. The third-order valence-corrected chi connectivity index (χ3v) is 8.76. The lowest BCUT2D eigenvalue weighted by Gasteiger charge is -2.46. The number of morpholine rings is 1. The van der Waals surface area contributed by atoms with Crippen LogP contribution in [0.2, 0.25) is 0 Å². The van der Waals surface area contributed by atoms with Crippen LogP contribution in [0.25, 0.3) is 11.1 Å². The molecular weight excluding hydrogens is 691 g/mol. The number of likely N-dealkylation sites (N-methyl/N-ethyl adjacent to an activating group) is 1. The zero-order valence-electron chi connectivity index (χ0n) is 28.9. The third kappa shape index (κ3) is 8.17. The van der Waals surface area contributed by atoms with Crippen molar-refractivity contribution in [2.45, 2.75) is 39.5 Å². The fraction of sp³-hybridized carbons (Fsp3) is 0.389. The summed E-state index contributed by atoms with van der Waals surface area (Å²) in [6.45, 7) is 7.71. The van der Waals surface area contributed by atoms with E-state index in [1.807, 2.05) is 0 Å². The van der Waals surface area contributed by atoms with Crippen LogP contribution in [0.3, 0.4) is 0 Å². The summed E-state index contributed by atoms with van der Waals surface area (Å²) in [4.78, 5) is 33.8. The first-order valence-corrected chi connectivity index (χ1v) is 16.3. The van der Waals surface area contributed by atoms with Crippen molar-refractivity contribution in [3.63, 3.8) is 0 Å². The largest absolute Gasteiger partial charge is 0.509 e. The molecule has 11 nitrogen and oxygen atoms in total. The highest BCUT2D eigenvalue weighted by atomic mass is 19.4. The summed E-state index contributed by atoms with van der Waals surface area (Å²) in [7, 11) is 1.44. The van der Waals surface area contributed by atoms with Gasteiger partial charge in [-0.05, 0) is 47.4 Å².